The molecule has 1 aliphatic carbocycles. The zero-order chi connectivity index (χ0) is 18.5. The van der Waals surface area contributed by atoms with Gasteiger partial charge in [-0.05, 0) is 36.5 Å². The maximum Gasteiger partial charge on any atom is 0.140 e. The largest absolute Gasteiger partial charge is 0.486 e. The lowest BCUT2D eigenvalue weighted by Crippen LogP contribution is -2.15. The molecule has 1 aliphatic rings. The van der Waals surface area contributed by atoms with Crippen LogP contribution in [-0.4, -0.2) is 10.1 Å². The molecule has 1 N–H and O–H groups in total. The van der Waals surface area contributed by atoms with Crippen LogP contribution < -0.4 is 4.74 Å². The molecular weight excluding hydrogens is 354 g/mol. The van der Waals surface area contributed by atoms with Crippen LogP contribution in [-0.2, 0) is 6.61 Å². The van der Waals surface area contributed by atoms with Crippen LogP contribution in [0.15, 0.2) is 60.0 Å². The second-order valence-corrected chi connectivity index (χ2v) is 8.14. The molecule has 4 rings (SSSR count). The molecule has 3 aromatic rings. The lowest BCUT2D eigenvalue weighted by Gasteiger charge is -2.26. The van der Waals surface area contributed by atoms with Crippen LogP contribution in [0, 0.1) is 5.92 Å². The highest BCUT2D eigenvalue weighted by atomic mass is 32.1. The fourth-order valence-corrected chi connectivity index (χ4v) is 4.46. The fourth-order valence-electron chi connectivity index (χ4n) is 3.75. The van der Waals surface area contributed by atoms with E-state index in [1.807, 2.05) is 42.5 Å². The molecule has 4 heteroatoms. The molecule has 0 spiro atoms. The van der Waals surface area contributed by atoms with Gasteiger partial charge in [0.1, 0.15) is 17.4 Å². The standard InChI is InChI=1S/C23H25NO2S/c25-23(18-9-5-2-6-10-18)19-11-13-20(14-12-19)26-15-22-24-21(16-27-22)17-7-3-1-4-8-17/h1,3-4,7-8,11-14,16,18,23,25H,2,5-6,9-10,15H2. The Balaban J connectivity index is 1.34. The third kappa shape index (κ3) is 4.57. The van der Waals surface area contributed by atoms with Gasteiger partial charge < -0.3 is 9.84 Å². The van der Waals surface area contributed by atoms with Crippen molar-refractivity contribution < 1.29 is 9.84 Å². The van der Waals surface area contributed by atoms with Gasteiger partial charge in [-0.2, -0.15) is 0 Å². The Morgan fingerprint density at radius 2 is 1.74 bits per heavy atom. The molecule has 1 aromatic heterocycles. The predicted octanol–water partition coefficient (Wildman–Crippen LogP) is 6.00. The average Bonchev–Trinajstić information content (AvgIpc) is 3.22. The highest BCUT2D eigenvalue weighted by molar-refractivity contribution is 7.09. The number of benzene rings is 2. The van der Waals surface area contributed by atoms with Gasteiger partial charge in [0.15, 0.2) is 0 Å². The van der Waals surface area contributed by atoms with Crippen molar-refractivity contribution in [1.29, 1.82) is 0 Å². The molecular formula is C23H25NO2S. The Bertz CT molecular complexity index is 838. The topological polar surface area (TPSA) is 42.4 Å². The summed E-state index contributed by atoms with van der Waals surface area (Å²) < 4.78 is 5.89. The zero-order valence-electron chi connectivity index (χ0n) is 15.4. The number of nitrogens with zero attached hydrogens (tertiary/aromatic N) is 1. The molecule has 1 unspecified atom stereocenters. The van der Waals surface area contributed by atoms with Gasteiger partial charge in [0.25, 0.3) is 0 Å². The van der Waals surface area contributed by atoms with Crippen molar-refractivity contribution in [2.75, 3.05) is 0 Å². The van der Waals surface area contributed by atoms with Crippen LogP contribution >= 0.6 is 11.3 Å². The van der Waals surface area contributed by atoms with E-state index in [2.05, 4.69) is 22.5 Å². The number of hydrogen-bond donors (Lipinski definition) is 1. The summed E-state index contributed by atoms with van der Waals surface area (Å²) in [6, 6.07) is 18.1. The quantitative estimate of drug-likeness (QED) is 0.571. The summed E-state index contributed by atoms with van der Waals surface area (Å²) in [6.45, 7) is 0.460. The van der Waals surface area contributed by atoms with E-state index >= 15 is 0 Å². The molecule has 140 valence electrons. The summed E-state index contributed by atoms with van der Waals surface area (Å²) in [7, 11) is 0. The summed E-state index contributed by atoms with van der Waals surface area (Å²) in [5, 5.41) is 13.6. The monoisotopic (exact) mass is 379 g/mol. The smallest absolute Gasteiger partial charge is 0.140 e. The van der Waals surface area contributed by atoms with E-state index in [0.29, 0.717) is 12.5 Å². The van der Waals surface area contributed by atoms with Crippen LogP contribution in [0.2, 0.25) is 0 Å². The van der Waals surface area contributed by atoms with Gasteiger partial charge in [-0.25, -0.2) is 4.98 Å². The minimum atomic E-state index is -0.355. The second kappa shape index (κ2) is 8.68. The lowest BCUT2D eigenvalue weighted by atomic mass is 9.83. The maximum absolute atomic E-state index is 10.6. The van der Waals surface area contributed by atoms with Crippen LogP contribution in [0.3, 0.4) is 0 Å². The predicted molar refractivity (Wildman–Crippen MR) is 110 cm³/mol. The normalized spacial score (nSPS) is 16.2. The van der Waals surface area contributed by atoms with E-state index in [-0.39, 0.29) is 6.10 Å². The molecule has 0 saturated heterocycles. The average molecular weight is 380 g/mol. The van der Waals surface area contributed by atoms with Gasteiger partial charge >= 0.3 is 0 Å². The Kier molecular flexibility index (Phi) is 5.85. The van der Waals surface area contributed by atoms with Crippen molar-refractivity contribution in [3.8, 4) is 17.0 Å². The molecule has 1 saturated carbocycles. The van der Waals surface area contributed by atoms with Crippen LogP contribution in [0.25, 0.3) is 11.3 Å². The fraction of sp³-hybridized carbons (Fsp3) is 0.348. The van der Waals surface area contributed by atoms with Crippen molar-refractivity contribution >= 4 is 11.3 Å². The van der Waals surface area contributed by atoms with E-state index in [0.717, 1.165) is 40.4 Å². The Labute approximate surface area is 164 Å². The molecule has 3 nitrogen and oxygen atoms in total. The van der Waals surface area contributed by atoms with Crippen LogP contribution in [0.1, 0.15) is 48.8 Å². The SMILES string of the molecule is OC(c1ccc(OCc2nc(-c3ccccc3)cs2)cc1)C1CCCCC1. The molecule has 1 atom stereocenters. The van der Waals surface area contributed by atoms with E-state index in [9.17, 15) is 5.11 Å². The van der Waals surface area contributed by atoms with Gasteiger partial charge in [-0.15, -0.1) is 11.3 Å². The number of aliphatic hydroxyl groups excluding tert-OH is 1. The first-order chi connectivity index (χ1) is 13.3. The molecule has 2 aromatic carbocycles. The molecule has 1 heterocycles. The highest BCUT2D eigenvalue weighted by Gasteiger charge is 2.22. The molecule has 0 aliphatic heterocycles. The Morgan fingerprint density at radius 3 is 2.48 bits per heavy atom. The Hall–Kier alpha value is -2.17. The van der Waals surface area contributed by atoms with Crippen molar-refractivity contribution in [2.24, 2.45) is 5.92 Å². The molecule has 0 radical (unpaired) electrons. The number of aromatic nitrogens is 1. The van der Waals surface area contributed by atoms with Gasteiger partial charge in [0.05, 0.1) is 11.8 Å². The summed E-state index contributed by atoms with van der Waals surface area (Å²) in [6.07, 6.45) is 5.69. The van der Waals surface area contributed by atoms with Crippen molar-refractivity contribution in [2.45, 2.75) is 44.8 Å². The van der Waals surface area contributed by atoms with Gasteiger partial charge in [0.2, 0.25) is 0 Å². The van der Waals surface area contributed by atoms with Gasteiger partial charge in [-0.1, -0.05) is 61.7 Å². The van der Waals surface area contributed by atoms with Crippen LogP contribution in [0.4, 0.5) is 0 Å². The van der Waals surface area contributed by atoms with Crippen molar-refractivity contribution in [1.82, 2.24) is 4.98 Å². The molecule has 0 amide bonds. The number of thiazole rings is 1. The number of hydrogen-bond acceptors (Lipinski definition) is 4. The molecule has 27 heavy (non-hydrogen) atoms. The maximum atomic E-state index is 10.6. The third-order valence-electron chi connectivity index (χ3n) is 5.30. The summed E-state index contributed by atoms with van der Waals surface area (Å²) in [5.41, 5.74) is 3.11. The highest BCUT2D eigenvalue weighted by Crippen LogP contribution is 2.34. The molecule has 1 fully saturated rings. The first-order valence-corrected chi connectivity index (χ1v) is 10.6. The first-order valence-electron chi connectivity index (χ1n) is 9.70. The van der Waals surface area contributed by atoms with E-state index < -0.39 is 0 Å². The minimum absolute atomic E-state index is 0.355. The summed E-state index contributed by atoms with van der Waals surface area (Å²) >= 11 is 1.61. The van der Waals surface area contributed by atoms with Gasteiger partial charge in [0, 0.05) is 10.9 Å². The Morgan fingerprint density at radius 1 is 1.00 bits per heavy atom. The van der Waals surface area contributed by atoms with E-state index in [1.165, 1.54) is 19.3 Å². The first kappa shape index (κ1) is 18.2. The lowest BCUT2D eigenvalue weighted by molar-refractivity contribution is 0.0848. The zero-order valence-corrected chi connectivity index (χ0v) is 16.2. The number of aliphatic hydroxyl groups is 1. The van der Waals surface area contributed by atoms with Crippen molar-refractivity contribution in [3.05, 3.63) is 70.5 Å². The number of rotatable bonds is 6. The second-order valence-electron chi connectivity index (χ2n) is 7.19. The minimum Gasteiger partial charge on any atom is -0.486 e. The third-order valence-corrected chi connectivity index (χ3v) is 6.12. The summed E-state index contributed by atoms with van der Waals surface area (Å²) in [4.78, 5) is 4.66. The van der Waals surface area contributed by atoms with E-state index in [4.69, 9.17) is 4.74 Å². The van der Waals surface area contributed by atoms with Gasteiger partial charge in [-0.3, -0.25) is 0 Å². The molecule has 0 bridgehead atoms. The number of ether oxygens (including phenoxy) is 1. The summed E-state index contributed by atoms with van der Waals surface area (Å²) in [5.74, 6) is 1.21. The van der Waals surface area contributed by atoms with Crippen LogP contribution in [0.5, 0.6) is 5.75 Å². The van der Waals surface area contributed by atoms with E-state index in [1.54, 1.807) is 11.3 Å². The van der Waals surface area contributed by atoms with Crippen molar-refractivity contribution in [3.63, 3.8) is 0 Å².